The molecule has 0 aliphatic carbocycles. The lowest BCUT2D eigenvalue weighted by molar-refractivity contribution is -0.298. The largest absolute Gasteiger partial charge is 0.463 e. The van der Waals surface area contributed by atoms with Crippen LogP contribution in [0, 0.1) is 0 Å². The molecular weight excluding hydrogens is 328 g/mol. The van der Waals surface area contributed by atoms with Crippen LogP contribution in [0.1, 0.15) is 27.7 Å². The van der Waals surface area contributed by atoms with Crippen molar-refractivity contribution in [3.05, 3.63) is 0 Å². The third kappa shape index (κ3) is 5.78. The van der Waals surface area contributed by atoms with Crippen molar-refractivity contribution in [2.24, 2.45) is 0 Å². The first-order chi connectivity index (χ1) is 11.1. The van der Waals surface area contributed by atoms with Crippen molar-refractivity contribution in [2.75, 3.05) is 6.61 Å². The van der Waals surface area contributed by atoms with E-state index < -0.39 is 54.6 Å². The molecule has 0 aromatic heterocycles. The van der Waals surface area contributed by atoms with Gasteiger partial charge in [-0.1, -0.05) is 0 Å². The van der Waals surface area contributed by atoms with Gasteiger partial charge in [-0.15, -0.1) is 0 Å². The fourth-order valence-corrected chi connectivity index (χ4v) is 2.13. The second-order valence-electron chi connectivity index (χ2n) is 5.09. The quantitative estimate of drug-likeness (QED) is 0.490. The first-order valence-corrected chi connectivity index (χ1v) is 7.10. The molecule has 1 aliphatic heterocycles. The van der Waals surface area contributed by atoms with Gasteiger partial charge < -0.3 is 28.8 Å². The number of aliphatic hydroxyl groups excluding tert-OH is 1. The first kappa shape index (κ1) is 19.8. The van der Waals surface area contributed by atoms with Gasteiger partial charge in [-0.05, 0) is 0 Å². The van der Waals surface area contributed by atoms with Crippen molar-refractivity contribution in [2.45, 2.75) is 58.4 Å². The number of carbonyl (C=O) groups is 4. The van der Waals surface area contributed by atoms with Crippen molar-refractivity contribution < 1.29 is 48.0 Å². The highest BCUT2D eigenvalue weighted by molar-refractivity contribution is 5.68. The second kappa shape index (κ2) is 8.60. The van der Waals surface area contributed by atoms with Gasteiger partial charge in [0.15, 0.2) is 6.10 Å². The molecule has 10 nitrogen and oxygen atoms in total. The monoisotopic (exact) mass is 348 g/mol. The molecule has 1 fully saturated rings. The van der Waals surface area contributed by atoms with E-state index >= 15 is 0 Å². The van der Waals surface area contributed by atoms with Crippen LogP contribution in [0.4, 0.5) is 0 Å². The van der Waals surface area contributed by atoms with Gasteiger partial charge in [0, 0.05) is 27.7 Å². The average molecular weight is 348 g/mol. The van der Waals surface area contributed by atoms with Gasteiger partial charge in [0.05, 0.1) is 0 Å². The van der Waals surface area contributed by atoms with Crippen LogP contribution in [0.15, 0.2) is 0 Å². The van der Waals surface area contributed by atoms with Crippen LogP contribution in [0.25, 0.3) is 0 Å². The molecule has 24 heavy (non-hydrogen) atoms. The van der Waals surface area contributed by atoms with E-state index in [4.69, 9.17) is 23.7 Å². The Kier molecular flexibility index (Phi) is 7.11. The van der Waals surface area contributed by atoms with Crippen LogP contribution in [-0.4, -0.2) is 66.3 Å². The molecule has 0 aromatic rings. The molecule has 1 aliphatic rings. The molecule has 3 unspecified atom stereocenters. The summed E-state index contributed by atoms with van der Waals surface area (Å²) in [6.45, 7) is 4.06. The molecule has 0 bridgehead atoms. The molecule has 1 saturated heterocycles. The van der Waals surface area contributed by atoms with Crippen LogP contribution in [0.5, 0.6) is 0 Å². The van der Waals surface area contributed by atoms with Gasteiger partial charge in [0.25, 0.3) is 0 Å². The van der Waals surface area contributed by atoms with Gasteiger partial charge in [-0.25, -0.2) is 0 Å². The van der Waals surface area contributed by atoms with Gasteiger partial charge in [-0.2, -0.15) is 0 Å². The average Bonchev–Trinajstić information content (AvgIpc) is 2.42. The third-order valence-electron chi connectivity index (χ3n) is 2.96. The van der Waals surface area contributed by atoms with Crippen LogP contribution in [0.3, 0.4) is 0 Å². The summed E-state index contributed by atoms with van der Waals surface area (Å²) in [5.41, 5.74) is 0. The Hall–Kier alpha value is -2.20. The second-order valence-corrected chi connectivity index (χ2v) is 5.09. The lowest BCUT2D eigenvalue weighted by atomic mass is 9.98. The summed E-state index contributed by atoms with van der Waals surface area (Å²) in [4.78, 5) is 44.7. The minimum Gasteiger partial charge on any atom is -0.463 e. The van der Waals surface area contributed by atoms with Crippen LogP contribution < -0.4 is 0 Å². The summed E-state index contributed by atoms with van der Waals surface area (Å²) >= 11 is 0. The Morgan fingerprint density at radius 3 is 1.79 bits per heavy atom. The lowest BCUT2D eigenvalue weighted by Gasteiger charge is -2.42. The molecular formula is C14H20O10. The zero-order chi connectivity index (χ0) is 18.4. The number of aliphatic hydroxyl groups is 1. The van der Waals surface area contributed by atoms with Crippen molar-refractivity contribution in [3.8, 4) is 0 Å². The zero-order valence-electron chi connectivity index (χ0n) is 13.7. The standard InChI is InChI=1S/C14H20O10/c1-6(15)20-5-10-11(19)12(21-7(2)16)13(22-8(3)17)14(24-10)23-9(4)18/h10-14,19H,5H2,1-4H3/t10?,11-,12?,13?,14-/m0/s1. The molecule has 10 heteroatoms. The number of ether oxygens (including phenoxy) is 5. The fourth-order valence-electron chi connectivity index (χ4n) is 2.13. The Labute approximate surface area is 137 Å². The summed E-state index contributed by atoms with van der Waals surface area (Å²) in [6, 6.07) is 0. The summed E-state index contributed by atoms with van der Waals surface area (Å²) in [5.74, 6) is -2.89. The SMILES string of the molecule is CC(=O)OCC1O[C@H](OC(C)=O)C(OC(C)=O)C(OC(C)=O)[C@H]1O. The van der Waals surface area contributed by atoms with E-state index in [1.165, 1.54) is 0 Å². The van der Waals surface area contributed by atoms with E-state index in [2.05, 4.69) is 0 Å². The number of rotatable bonds is 5. The van der Waals surface area contributed by atoms with Gasteiger partial charge in [-0.3, -0.25) is 19.2 Å². The highest BCUT2D eigenvalue weighted by Crippen LogP contribution is 2.27. The van der Waals surface area contributed by atoms with Crippen LogP contribution in [0.2, 0.25) is 0 Å². The van der Waals surface area contributed by atoms with Gasteiger partial charge in [0.2, 0.25) is 12.4 Å². The Morgan fingerprint density at radius 2 is 1.33 bits per heavy atom. The zero-order valence-corrected chi connectivity index (χ0v) is 13.7. The van der Waals surface area contributed by atoms with Crippen LogP contribution in [-0.2, 0) is 42.9 Å². The third-order valence-corrected chi connectivity index (χ3v) is 2.96. The number of hydrogen-bond acceptors (Lipinski definition) is 10. The molecule has 1 rings (SSSR count). The Balaban J connectivity index is 3.07. The molecule has 5 atom stereocenters. The van der Waals surface area contributed by atoms with Crippen molar-refractivity contribution in [1.82, 2.24) is 0 Å². The highest BCUT2D eigenvalue weighted by Gasteiger charge is 2.51. The molecule has 136 valence electrons. The molecule has 1 heterocycles. The number of esters is 4. The molecule has 0 amide bonds. The normalized spacial score (nSPS) is 29.3. The smallest absolute Gasteiger partial charge is 0.305 e. The van der Waals surface area contributed by atoms with E-state index in [-0.39, 0.29) is 6.61 Å². The predicted octanol–water partition coefficient (Wildman–Crippen LogP) is -0.938. The van der Waals surface area contributed by atoms with E-state index in [9.17, 15) is 24.3 Å². The molecule has 0 aromatic carbocycles. The minimum absolute atomic E-state index is 0.376. The summed E-state index contributed by atoms with van der Waals surface area (Å²) in [6.07, 6.45) is -6.83. The maximum absolute atomic E-state index is 11.3. The van der Waals surface area contributed by atoms with E-state index in [0.717, 1.165) is 27.7 Å². The van der Waals surface area contributed by atoms with E-state index in [1.54, 1.807) is 0 Å². The first-order valence-electron chi connectivity index (χ1n) is 7.10. The maximum atomic E-state index is 11.3. The summed E-state index contributed by atoms with van der Waals surface area (Å²) in [5, 5.41) is 10.3. The molecule has 0 saturated carbocycles. The van der Waals surface area contributed by atoms with Gasteiger partial charge in [0.1, 0.15) is 18.8 Å². The lowest BCUT2D eigenvalue weighted by Crippen LogP contribution is -2.62. The van der Waals surface area contributed by atoms with Crippen molar-refractivity contribution in [3.63, 3.8) is 0 Å². The van der Waals surface area contributed by atoms with E-state index in [0.29, 0.717) is 0 Å². The maximum Gasteiger partial charge on any atom is 0.305 e. The summed E-state index contributed by atoms with van der Waals surface area (Å²) < 4.78 is 25.0. The highest BCUT2D eigenvalue weighted by atomic mass is 16.7. The van der Waals surface area contributed by atoms with E-state index in [1.807, 2.05) is 0 Å². The Bertz CT molecular complexity index is 502. The van der Waals surface area contributed by atoms with Gasteiger partial charge >= 0.3 is 23.9 Å². The number of carbonyl (C=O) groups excluding carboxylic acids is 4. The molecule has 0 radical (unpaired) electrons. The number of hydrogen-bond donors (Lipinski definition) is 1. The van der Waals surface area contributed by atoms with Crippen LogP contribution >= 0.6 is 0 Å². The topological polar surface area (TPSA) is 135 Å². The van der Waals surface area contributed by atoms with Crippen molar-refractivity contribution in [1.29, 1.82) is 0 Å². The predicted molar refractivity (Wildman–Crippen MR) is 74.2 cm³/mol. The minimum atomic E-state index is -1.48. The Morgan fingerprint density at radius 1 is 0.833 bits per heavy atom. The molecule has 0 spiro atoms. The summed E-state index contributed by atoms with van der Waals surface area (Å²) in [7, 11) is 0. The fraction of sp³-hybridized carbons (Fsp3) is 0.714. The molecule has 1 N–H and O–H groups in total. The van der Waals surface area contributed by atoms with Crippen molar-refractivity contribution >= 4 is 23.9 Å².